The van der Waals surface area contributed by atoms with Crippen molar-refractivity contribution in [1.29, 1.82) is 0 Å². The molecule has 120 valence electrons. The molecule has 0 aromatic heterocycles. The van der Waals surface area contributed by atoms with Gasteiger partial charge in [-0.15, -0.1) is 0 Å². The Labute approximate surface area is 131 Å². The highest BCUT2D eigenvalue weighted by Crippen LogP contribution is 2.13. The lowest BCUT2D eigenvalue weighted by molar-refractivity contribution is 0.226. The van der Waals surface area contributed by atoms with Gasteiger partial charge in [0.1, 0.15) is 0 Å². The first-order chi connectivity index (χ1) is 10.1. The summed E-state index contributed by atoms with van der Waals surface area (Å²) in [4.78, 5) is 2.57. The lowest BCUT2D eigenvalue weighted by atomic mass is 10.0. The van der Waals surface area contributed by atoms with Gasteiger partial charge in [0, 0.05) is 25.7 Å². The number of benzene rings is 1. The van der Waals surface area contributed by atoms with E-state index in [0.29, 0.717) is 6.04 Å². The summed E-state index contributed by atoms with van der Waals surface area (Å²) in [5, 5.41) is 3.46. The van der Waals surface area contributed by atoms with E-state index in [9.17, 15) is 0 Å². The number of nitrogens with one attached hydrogen (secondary N) is 1. The molecule has 0 fully saturated rings. The van der Waals surface area contributed by atoms with Gasteiger partial charge >= 0.3 is 0 Å². The first-order valence-corrected chi connectivity index (χ1v) is 8.62. The van der Waals surface area contributed by atoms with E-state index < -0.39 is 0 Å². The predicted octanol–water partition coefficient (Wildman–Crippen LogP) is 4.44. The second-order valence-corrected chi connectivity index (χ2v) is 6.36. The predicted molar refractivity (Wildman–Crippen MR) is 93.4 cm³/mol. The molecule has 1 aromatic rings. The van der Waals surface area contributed by atoms with Crippen molar-refractivity contribution in [2.75, 3.05) is 13.1 Å². The number of nitrogens with zero attached hydrogens (tertiary/aromatic N) is 1. The minimum absolute atomic E-state index is 0.542. The third kappa shape index (κ3) is 7.10. The van der Waals surface area contributed by atoms with Crippen LogP contribution in [0.3, 0.4) is 0 Å². The molecule has 0 heterocycles. The Balaban J connectivity index is 2.52. The summed E-state index contributed by atoms with van der Waals surface area (Å²) in [6, 6.07) is 9.63. The van der Waals surface area contributed by atoms with Crippen LogP contribution < -0.4 is 5.32 Å². The summed E-state index contributed by atoms with van der Waals surface area (Å²) >= 11 is 0. The molecule has 0 saturated heterocycles. The second-order valence-electron chi connectivity index (χ2n) is 6.36. The first-order valence-electron chi connectivity index (χ1n) is 8.62. The third-order valence-electron chi connectivity index (χ3n) is 4.26. The van der Waals surface area contributed by atoms with Crippen molar-refractivity contribution in [3.63, 3.8) is 0 Å². The summed E-state index contributed by atoms with van der Waals surface area (Å²) < 4.78 is 0. The molecule has 0 amide bonds. The molecular weight excluding hydrogens is 256 g/mol. The van der Waals surface area contributed by atoms with Crippen LogP contribution in [0.2, 0.25) is 0 Å². The molecule has 0 atom stereocenters. The van der Waals surface area contributed by atoms with Crippen LogP contribution in [-0.2, 0) is 13.1 Å². The molecule has 1 rings (SSSR count). The van der Waals surface area contributed by atoms with E-state index >= 15 is 0 Å². The number of rotatable bonds is 10. The topological polar surface area (TPSA) is 15.3 Å². The average Bonchev–Trinajstić information content (AvgIpc) is 2.50. The Kier molecular flexibility index (Phi) is 8.63. The van der Waals surface area contributed by atoms with Crippen LogP contribution in [0.4, 0.5) is 0 Å². The van der Waals surface area contributed by atoms with Gasteiger partial charge in [-0.25, -0.2) is 0 Å². The molecular formula is C19H34N2. The maximum atomic E-state index is 3.46. The second kappa shape index (κ2) is 9.97. The van der Waals surface area contributed by atoms with Crippen LogP contribution >= 0.6 is 0 Å². The molecule has 2 nitrogen and oxygen atoms in total. The Morgan fingerprint density at radius 2 is 1.52 bits per heavy atom. The summed E-state index contributed by atoms with van der Waals surface area (Å²) in [6.45, 7) is 15.6. The van der Waals surface area contributed by atoms with E-state index in [-0.39, 0.29) is 0 Å². The third-order valence-corrected chi connectivity index (χ3v) is 4.26. The minimum atomic E-state index is 0.542. The lowest BCUT2D eigenvalue weighted by Gasteiger charge is -2.25. The molecule has 0 aliphatic rings. The maximum absolute atomic E-state index is 3.46. The molecule has 0 spiro atoms. The average molecular weight is 290 g/mol. The zero-order valence-corrected chi connectivity index (χ0v) is 14.7. The number of hydrogen-bond donors (Lipinski definition) is 1. The molecule has 0 radical (unpaired) electrons. The molecule has 2 heteroatoms. The lowest BCUT2D eigenvalue weighted by Crippen LogP contribution is -2.28. The quantitative estimate of drug-likeness (QED) is 0.685. The van der Waals surface area contributed by atoms with Crippen molar-refractivity contribution in [2.45, 2.75) is 66.6 Å². The van der Waals surface area contributed by atoms with Crippen LogP contribution in [-0.4, -0.2) is 24.0 Å². The van der Waals surface area contributed by atoms with Gasteiger partial charge in [0.15, 0.2) is 0 Å². The monoisotopic (exact) mass is 290 g/mol. The molecule has 1 aromatic carbocycles. The van der Waals surface area contributed by atoms with Crippen LogP contribution in [0.5, 0.6) is 0 Å². The van der Waals surface area contributed by atoms with Gasteiger partial charge in [-0.3, -0.25) is 4.90 Å². The fourth-order valence-corrected chi connectivity index (χ4v) is 2.56. The fourth-order valence-electron chi connectivity index (χ4n) is 2.56. The molecule has 0 unspecified atom stereocenters. The van der Waals surface area contributed by atoms with E-state index in [2.05, 4.69) is 69.1 Å². The van der Waals surface area contributed by atoms with Crippen LogP contribution in [0, 0.1) is 5.92 Å². The van der Waals surface area contributed by atoms with Gasteiger partial charge in [0.25, 0.3) is 0 Å². The van der Waals surface area contributed by atoms with Gasteiger partial charge in [-0.05, 0) is 23.6 Å². The Bertz CT molecular complexity index is 366. The normalized spacial score (nSPS) is 11.8. The Morgan fingerprint density at radius 3 is 2.00 bits per heavy atom. The maximum Gasteiger partial charge on any atom is 0.0233 e. The summed E-state index contributed by atoms with van der Waals surface area (Å²) in [7, 11) is 0. The highest BCUT2D eigenvalue weighted by molar-refractivity contribution is 5.22. The van der Waals surface area contributed by atoms with E-state index in [1.165, 1.54) is 30.5 Å². The van der Waals surface area contributed by atoms with Crippen molar-refractivity contribution >= 4 is 0 Å². The molecule has 0 saturated carbocycles. The Morgan fingerprint density at radius 1 is 0.952 bits per heavy atom. The van der Waals surface area contributed by atoms with Crippen molar-refractivity contribution in [3.05, 3.63) is 35.4 Å². The molecule has 21 heavy (non-hydrogen) atoms. The van der Waals surface area contributed by atoms with Gasteiger partial charge in [-0.2, -0.15) is 0 Å². The zero-order valence-electron chi connectivity index (χ0n) is 14.7. The molecule has 1 N–H and O–H groups in total. The smallest absolute Gasteiger partial charge is 0.0233 e. The minimum Gasteiger partial charge on any atom is -0.310 e. The summed E-state index contributed by atoms with van der Waals surface area (Å²) in [6.07, 6.45) is 2.57. The highest BCUT2D eigenvalue weighted by Gasteiger charge is 2.10. The SMILES string of the molecule is CCC(CC)CN(CC)Cc1ccc(CNC(C)C)cc1. The van der Waals surface area contributed by atoms with Gasteiger partial charge in [0.05, 0.1) is 0 Å². The first kappa shape index (κ1) is 18.2. The number of hydrogen-bond acceptors (Lipinski definition) is 2. The van der Waals surface area contributed by atoms with Crippen LogP contribution in [0.15, 0.2) is 24.3 Å². The Hall–Kier alpha value is -0.860. The van der Waals surface area contributed by atoms with Crippen LogP contribution in [0.25, 0.3) is 0 Å². The van der Waals surface area contributed by atoms with E-state index in [0.717, 1.165) is 25.6 Å². The molecule has 0 aliphatic carbocycles. The summed E-state index contributed by atoms with van der Waals surface area (Å²) in [5.41, 5.74) is 2.80. The van der Waals surface area contributed by atoms with Crippen molar-refractivity contribution in [1.82, 2.24) is 10.2 Å². The standard InChI is InChI=1S/C19H34N2/c1-6-17(7-2)14-21(8-3)15-19-11-9-18(10-12-19)13-20-16(4)5/h9-12,16-17,20H,6-8,13-15H2,1-5H3. The van der Waals surface area contributed by atoms with Crippen molar-refractivity contribution in [3.8, 4) is 0 Å². The van der Waals surface area contributed by atoms with Gasteiger partial charge in [0.2, 0.25) is 0 Å². The van der Waals surface area contributed by atoms with E-state index in [4.69, 9.17) is 0 Å². The highest BCUT2D eigenvalue weighted by atomic mass is 15.1. The molecule has 0 aliphatic heterocycles. The summed E-state index contributed by atoms with van der Waals surface area (Å²) in [5.74, 6) is 0.833. The largest absolute Gasteiger partial charge is 0.310 e. The van der Waals surface area contributed by atoms with E-state index in [1.807, 2.05) is 0 Å². The van der Waals surface area contributed by atoms with Crippen molar-refractivity contribution in [2.24, 2.45) is 5.92 Å². The van der Waals surface area contributed by atoms with Gasteiger partial charge in [-0.1, -0.05) is 71.7 Å². The molecule has 0 bridgehead atoms. The van der Waals surface area contributed by atoms with Crippen molar-refractivity contribution < 1.29 is 0 Å². The van der Waals surface area contributed by atoms with E-state index in [1.54, 1.807) is 0 Å². The van der Waals surface area contributed by atoms with Crippen LogP contribution in [0.1, 0.15) is 58.6 Å². The zero-order chi connectivity index (χ0) is 15.7. The van der Waals surface area contributed by atoms with Gasteiger partial charge < -0.3 is 5.32 Å². The fraction of sp³-hybridized carbons (Fsp3) is 0.684.